The molecule has 3 aromatic rings. The highest BCUT2D eigenvalue weighted by Gasteiger charge is 2.27. The summed E-state index contributed by atoms with van der Waals surface area (Å²) in [5, 5.41) is 0.625. The third-order valence-corrected chi connectivity index (χ3v) is 3.53. The van der Waals surface area contributed by atoms with Gasteiger partial charge in [-0.3, -0.25) is 4.79 Å². The van der Waals surface area contributed by atoms with Gasteiger partial charge in [0.15, 0.2) is 11.5 Å². The highest BCUT2D eigenvalue weighted by Crippen LogP contribution is 2.30. The molecule has 2 aromatic heterocycles. The van der Waals surface area contributed by atoms with Crippen LogP contribution in [0.2, 0.25) is 0 Å². The Hall–Kier alpha value is -2.82. The van der Waals surface area contributed by atoms with Gasteiger partial charge in [0.1, 0.15) is 22.8 Å². The fourth-order valence-corrected chi connectivity index (χ4v) is 2.28. The molecular weight excluding hydrogens is 307 g/mol. The van der Waals surface area contributed by atoms with Crippen molar-refractivity contribution in [2.24, 2.45) is 5.41 Å². The van der Waals surface area contributed by atoms with E-state index in [0.717, 1.165) is 0 Å². The largest absolute Gasteiger partial charge is 0.453 e. The Balaban J connectivity index is 1.99. The van der Waals surface area contributed by atoms with Gasteiger partial charge in [0.05, 0.1) is 6.20 Å². The fourth-order valence-electron chi connectivity index (χ4n) is 2.28. The molecule has 1 aromatic carbocycles. The maximum absolute atomic E-state index is 13.7. The quantitative estimate of drug-likeness (QED) is 0.650. The van der Waals surface area contributed by atoms with Gasteiger partial charge >= 0.3 is 0 Å². The van der Waals surface area contributed by atoms with Crippen LogP contribution < -0.4 is 4.74 Å². The Morgan fingerprint density at radius 2 is 1.92 bits per heavy atom. The maximum Gasteiger partial charge on any atom is 0.190 e. The number of pyridine rings is 2. The molecule has 122 valence electrons. The van der Waals surface area contributed by atoms with Crippen LogP contribution in [0.3, 0.4) is 0 Å². The first-order chi connectivity index (χ1) is 11.4. The molecule has 24 heavy (non-hydrogen) atoms. The van der Waals surface area contributed by atoms with Crippen molar-refractivity contribution in [3.63, 3.8) is 0 Å². The molecule has 0 bridgehead atoms. The van der Waals surface area contributed by atoms with E-state index in [2.05, 4.69) is 9.97 Å². The molecule has 0 aliphatic heterocycles. The molecule has 0 aliphatic rings. The third-order valence-electron chi connectivity index (χ3n) is 3.53. The van der Waals surface area contributed by atoms with Crippen LogP contribution in [0.1, 0.15) is 31.3 Å². The molecule has 0 radical (unpaired) electrons. The predicted molar refractivity (Wildman–Crippen MR) is 89.8 cm³/mol. The Morgan fingerprint density at radius 1 is 1.12 bits per heavy atom. The maximum atomic E-state index is 13.7. The van der Waals surface area contributed by atoms with Crippen LogP contribution in [-0.2, 0) is 0 Å². The van der Waals surface area contributed by atoms with Crippen LogP contribution in [0.25, 0.3) is 10.9 Å². The van der Waals surface area contributed by atoms with E-state index < -0.39 is 5.41 Å². The third kappa shape index (κ3) is 3.11. The highest BCUT2D eigenvalue weighted by molar-refractivity contribution is 6.00. The first kappa shape index (κ1) is 16.1. The van der Waals surface area contributed by atoms with Gasteiger partial charge in [-0.15, -0.1) is 0 Å². The number of fused-ring (bicyclic) bond motifs is 1. The minimum atomic E-state index is -0.572. The molecule has 0 atom stereocenters. The van der Waals surface area contributed by atoms with Crippen LogP contribution in [-0.4, -0.2) is 15.8 Å². The SMILES string of the molecule is CC(C)(C)C(=O)c1ncccc1Oc1cnc2c(F)cccc2c1. The monoisotopic (exact) mass is 324 g/mol. The smallest absolute Gasteiger partial charge is 0.190 e. The van der Waals surface area contributed by atoms with Gasteiger partial charge in [0.25, 0.3) is 0 Å². The Kier molecular flexibility index (Phi) is 4.01. The number of Topliss-reactive ketones (excluding diaryl/α,β-unsaturated/α-hetero) is 1. The van der Waals surface area contributed by atoms with Gasteiger partial charge < -0.3 is 4.74 Å². The number of ether oxygens (including phenoxy) is 1. The molecule has 5 heteroatoms. The number of nitrogens with zero attached hydrogens (tertiary/aromatic N) is 2. The number of hydrogen-bond donors (Lipinski definition) is 0. The lowest BCUT2D eigenvalue weighted by atomic mass is 9.88. The zero-order valence-corrected chi connectivity index (χ0v) is 13.7. The molecular formula is C19H17FN2O2. The summed E-state index contributed by atoms with van der Waals surface area (Å²) in [6, 6.07) is 9.79. The number of para-hydroxylation sites is 1. The van der Waals surface area contributed by atoms with E-state index in [1.165, 1.54) is 12.3 Å². The first-order valence-electron chi connectivity index (χ1n) is 7.58. The van der Waals surface area contributed by atoms with E-state index in [9.17, 15) is 9.18 Å². The predicted octanol–water partition coefficient (Wildman–Crippen LogP) is 4.79. The van der Waals surface area contributed by atoms with Crippen molar-refractivity contribution in [1.29, 1.82) is 0 Å². The molecule has 0 amide bonds. The number of carbonyl (C=O) groups excluding carboxylic acids is 1. The van der Waals surface area contributed by atoms with E-state index in [1.54, 1.807) is 36.5 Å². The van der Waals surface area contributed by atoms with Crippen molar-refractivity contribution < 1.29 is 13.9 Å². The zero-order valence-electron chi connectivity index (χ0n) is 13.7. The molecule has 3 rings (SSSR count). The standard InChI is InChI=1S/C19H17FN2O2/c1-19(2,3)18(23)17-15(8-5-9-21-17)24-13-10-12-6-4-7-14(20)16(12)22-11-13/h4-11H,1-3H3. The van der Waals surface area contributed by atoms with E-state index in [4.69, 9.17) is 4.74 Å². The molecule has 0 N–H and O–H groups in total. The number of benzene rings is 1. The van der Waals surface area contributed by atoms with E-state index in [-0.39, 0.29) is 22.8 Å². The Labute approximate surface area is 139 Å². The fraction of sp³-hybridized carbons (Fsp3) is 0.211. The van der Waals surface area contributed by atoms with E-state index in [0.29, 0.717) is 16.9 Å². The van der Waals surface area contributed by atoms with Crippen molar-refractivity contribution in [3.8, 4) is 11.5 Å². The summed E-state index contributed by atoms with van der Waals surface area (Å²) >= 11 is 0. The zero-order chi connectivity index (χ0) is 17.3. The Morgan fingerprint density at radius 3 is 2.67 bits per heavy atom. The van der Waals surface area contributed by atoms with Crippen molar-refractivity contribution >= 4 is 16.7 Å². The second-order valence-electron chi connectivity index (χ2n) is 6.51. The minimum Gasteiger partial charge on any atom is -0.453 e. The normalized spacial score (nSPS) is 11.5. The topological polar surface area (TPSA) is 52.1 Å². The summed E-state index contributed by atoms with van der Waals surface area (Å²) in [6.07, 6.45) is 2.99. The average molecular weight is 324 g/mol. The lowest BCUT2D eigenvalue weighted by Gasteiger charge is -2.18. The molecule has 2 heterocycles. The first-order valence-corrected chi connectivity index (χ1v) is 7.58. The number of carbonyl (C=O) groups is 1. The molecule has 0 unspecified atom stereocenters. The van der Waals surface area contributed by atoms with Crippen LogP contribution in [0.15, 0.2) is 48.8 Å². The number of aromatic nitrogens is 2. The summed E-state index contributed by atoms with van der Waals surface area (Å²) in [7, 11) is 0. The Bertz CT molecular complexity index is 917. The van der Waals surface area contributed by atoms with E-state index >= 15 is 0 Å². The van der Waals surface area contributed by atoms with Crippen LogP contribution in [0.5, 0.6) is 11.5 Å². The molecule has 0 aliphatic carbocycles. The van der Waals surface area contributed by atoms with E-state index in [1.807, 2.05) is 20.8 Å². The van der Waals surface area contributed by atoms with Gasteiger partial charge in [-0.2, -0.15) is 0 Å². The minimum absolute atomic E-state index is 0.113. The van der Waals surface area contributed by atoms with Gasteiger partial charge in [-0.1, -0.05) is 32.9 Å². The van der Waals surface area contributed by atoms with Crippen molar-refractivity contribution in [2.75, 3.05) is 0 Å². The van der Waals surface area contributed by atoms with Crippen molar-refractivity contribution in [3.05, 3.63) is 60.3 Å². The van der Waals surface area contributed by atoms with Gasteiger partial charge in [0, 0.05) is 17.0 Å². The van der Waals surface area contributed by atoms with Crippen LogP contribution in [0.4, 0.5) is 4.39 Å². The van der Waals surface area contributed by atoms with Crippen molar-refractivity contribution in [2.45, 2.75) is 20.8 Å². The van der Waals surface area contributed by atoms with Crippen molar-refractivity contribution in [1.82, 2.24) is 9.97 Å². The van der Waals surface area contributed by atoms with Crippen LogP contribution in [0, 0.1) is 11.2 Å². The molecule has 0 saturated heterocycles. The lowest BCUT2D eigenvalue weighted by molar-refractivity contribution is 0.0850. The number of rotatable bonds is 3. The molecule has 0 spiro atoms. The molecule has 0 saturated carbocycles. The second-order valence-corrected chi connectivity index (χ2v) is 6.51. The average Bonchev–Trinajstić information content (AvgIpc) is 2.54. The number of halogens is 1. The summed E-state index contributed by atoms with van der Waals surface area (Å²) < 4.78 is 19.5. The molecule has 0 fully saturated rings. The summed E-state index contributed by atoms with van der Waals surface area (Å²) in [5.41, 5.74) is -0.0246. The lowest BCUT2D eigenvalue weighted by Crippen LogP contribution is -2.21. The second kappa shape index (κ2) is 6.00. The van der Waals surface area contributed by atoms with Gasteiger partial charge in [-0.25, -0.2) is 14.4 Å². The highest BCUT2D eigenvalue weighted by atomic mass is 19.1. The number of hydrogen-bond acceptors (Lipinski definition) is 4. The van der Waals surface area contributed by atoms with Gasteiger partial charge in [-0.05, 0) is 24.3 Å². The number of ketones is 1. The summed E-state index contributed by atoms with van der Waals surface area (Å²) in [5.74, 6) is 0.279. The van der Waals surface area contributed by atoms with Gasteiger partial charge in [0.2, 0.25) is 0 Å². The summed E-state index contributed by atoms with van der Waals surface area (Å²) in [4.78, 5) is 20.8. The van der Waals surface area contributed by atoms with Crippen LogP contribution >= 0.6 is 0 Å². The molecule has 4 nitrogen and oxygen atoms in total. The summed E-state index contributed by atoms with van der Waals surface area (Å²) in [6.45, 7) is 5.48.